The van der Waals surface area contributed by atoms with Gasteiger partial charge in [0, 0.05) is 42.8 Å². The standard InChI is InChI=1S/C19H26ClN3O3/c1-15-13-23(17-5-2-4-16(20)12-17)19(25)14-22(15)18(24)6-3-7-21-8-10-26-11-9-21/h2,4-5,12,15H,3,6-11,13-14H2,1H3/t15-/m1/s1. The van der Waals surface area contributed by atoms with Crippen molar-refractivity contribution >= 4 is 29.1 Å². The Balaban J connectivity index is 1.51. The maximum atomic E-state index is 12.6. The van der Waals surface area contributed by atoms with Crippen molar-refractivity contribution in [1.82, 2.24) is 9.80 Å². The second-order valence-corrected chi connectivity index (χ2v) is 7.35. The zero-order chi connectivity index (χ0) is 18.5. The molecule has 0 N–H and O–H groups in total. The number of hydrogen-bond donors (Lipinski definition) is 0. The number of nitrogens with zero attached hydrogens (tertiary/aromatic N) is 3. The van der Waals surface area contributed by atoms with E-state index < -0.39 is 0 Å². The van der Waals surface area contributed by atoms with Crippen molar-refractivity contribution in [2.75, 3.05) is 50.8 Å². The summed E-state index contributed by atoms with van der Waals surface area (Å²) in [6.07, 6.45) is 1.29. The Hall–Kier alpha value is -1.63. The van der Waals surface area contributed by atoms with Crippen LogP contribution in [0.5, 0.6) is 0 Å². The number of carbonyl (C=O) groups excluding carboxylic acids is 2. The molecular formula is C19H26ClN3O3. The summed E-state index contributed by atoms with van der Waals surface area (Å²) in [5.74, 6) is -0.00301. The Labute approximate surface area is 159 Å². The second-order valence-electron chi connectivity index (χ2n) is 6.91. The van der Waals surface area contributed by atoms with Crippen LogP contribution in [-0.4, -0.2) is 73.6 Å². The molecule has 2 aliphatic heterocycles. The lowest BCUT2D eigenvalue weighted by Gasteiger charge is -2.39. The second kappa shape index (κ2) is 8.84. The molecule has 0 aliphatic carbocycles. The Morgan fingerprint density at radius 2 is 2.08 bits per heavy atom. The van der Waals surface area contributed by atoms with E-state index in [0.29, 0.717) is 18.0 Å². The molecule has 1 aromatic carbocycles. The van der Waals surface area contributed by atoms with Gasteiger partial charge in [0.05, 0.1) is 13.2 Å². The van der Waals surface area contributed by atoms with Crippen LogP contribution in [0.4, 0.5) is 5.69 Å². The molecule has 2 saturated heterocycles. The SMILES string of the molecule is C[C@@H]1CN(c2cccc(Cl)c2)C(=O)CN1C(=O)CCCN1CCOCC1. The molecule has 0 radical (unpaired) electrons. The van der Waals surface area contributed by atoms with Crippen LogP contribution in [0.2, 0.25) is 5.02 Å². The van der Waals surface area contributed by atoms with Crippen LogP contribution in [-0.2, 0) is 14.3 Å². The Morgan fingerprint density at radius 3 is 2.81 bits per heavy atom. The summed E-state index contributed by atoms with van der Waals surface area (Å²) in [7, 11) is 0. The number of ether oxygens (including phenoxy) is 1. The summed E-state index contributed by atoms with van der Waals surface area (Å²) in [6.45, 7) is 6.92. The molecular weight excluding hydrogens is 354 g/mol. The fraction of sp³-hybridized carbons (Fsp3) is 0.579. The predicted octanol–water partition coefficient (Wildman–Crippen LogP) is 2.02. The van der Waals surface area contributed by atoms with Crippen LogP contribution in [0.3, 0.4) is 0 Å². The van der Waals surface area contributed by atoms with E-state index in [1.54, 1.807) is 21.9 Å². The Morgan fingerprint density at radius 1 is 1.31 bits per heavy atom. The van der Waals surface area contributed by atoms with E-state index in [9.17, 15) is 9.59 Å². The molecule has 2 fully saturated rings. The normalized spacial score (nSPS) is 21.9. The largest absolute Gasteiger partial charge is 0.379 e. The minimum Gasteiger partial charge on any atom is -0.379 e. The number of amides is 2. The van der Waals surface area contributed by atoms with Gasteiger partial charge < -0.3 is 14.5 Å². The lowest BCUT2D eigenvalue weighted by atomic mass is 10.1. The van der Waals surface area contributed by atoms with Gasteiger partial charge in [-0.05, 0) is 38.1 Å². The first kappa shape index (κ1) is 19.1. The van der Waals surface area contributed by atoms with Crippen LogP contribution in [0.25, 0.3) is 0 Å². The van der Waals surface area contributed by atoms with Crippen molar-refractivity contribution in [3.8, 4) is 0 Å². The maximum absolute atomic E-state index is 12.6. The van der Waals surface area contributed by atoms with Crippen LogP contribution in [0.15, 0.2) is 24.3 Å². The van der Waals surface area contributed by atoms with Crippen molar-refractivity contribution < 1.29 is 14.3 Å². The molecule has 1 atom stereocenters. The van der Waals surface area contributed by atoms with Crippen LogP contribution in [0, 0.1) is 0 Å². The number of piperazine rings is 1. The number of rotatable bonds is 5. The molecule has 0 saturated carbocycles. The minimum atomic E-state index is -0.0631. The molecule has 2 aliphatic rings. The fourth-order valence-electron chi connectivity index (χ4n) is 3.50. The monoisotopic (exact) mass is 379 g/mol. The number of hydrogen-bond acceptors (Lipinski definition) is 4. The molecule has 26 heavy (non-hydrogen) atoms. The first-order valence-electron chi connectivity index (χ1n) is 9.20. The Kier molecular flexibility index (Phi) is 6.51. The van der Waals surface area contributed by atoms with Gasteiger partial charge in [-0.25, -0.2) is 0 Å². The van der Waals surface area contributed by atoms with Gasteiger partial charge in [0.25, 0.3) is 0 Å². The highest BCUT2D eigenvalue weighted by Gasteiger charge is 2.33. The zero-order valence-corrected chi connectivity index (χ0v) is 16.0. The number of anilines is 1. The van der Waals surface area contributed by atoms with Gasteiger partial charge in [0.15, 0.2) is 0 Å². The lowest BCUT2D eigenvalue weighted by Crippen LogP contribution is -2.57. The summed E-state index contributed by atoms with van der Waals surface area (Å²) in [4.78, 5) is 30.9. The summed E-state index contributed by atoms with van der Waals surface area (Å²) in [6, 6.07) is 7.26. The van der Waals surface area contributed by atoms with E-state index in [4.69, 9.17) is 16.3 Å². The highest BCUT2D eigenvalue weighted by Crippen LogP contribution is 2.23. The molecule has 0 spiro atoms. The third-order valence-corrected chi connectivity index (χ3v) is 5.23. The molecule has 1 aromatic rings. The van der Waals surface area contributed by atoms with Crippen molar-refractivity contribution in [3.63, 3.8) is 0 Å². The number of halogens is 1. The van der Waals surface area contributed by atoms with Crippen molar-refractivity contribution in [2.45, 2.75) is 25.8 Å². The van der Waals surface area contributed by atoms with E-state index in [1.165, 1.54) is 0 Å². The lowest BCUT2D eigenvalue weighted by molar-refractivity contribution is -0.139. The van der Waals surface area contributed by atoms with Gasteiger partial charge in [0.1, 0.15) is 6.54 Å². The third kappa shape index (κ3) is 4.75. The summed E-state index contributed by atoms with van der Waals surface area (Å²) in [5, 5.41) is 0.601. The predicted molar refractivity (Wildman–Crippen MR) is 101 cm³/mol. The number of morpholine rings is 1. The van der Waals surface area contributed by atoms with Gasteiger partial charge in [-0.2, -0.15) is 0 Å². The minimum absolute atomic E-state index is 0.0115. The van der Waals surface area contributed by atoms with Gasteiger partial charge >= 0.3 is 0 Å². The Bertz CT molecular complexity index is 649. The van der Waals surface area contributed by atoms with E-state index in [-0.39, 0.29) is 24.4 Å². The van der Waals surface area contributed by atoms with Crippen LogP contribution < -0.4 is 4.90 Å². The van der Waals surface area contributed by atoms with E-state index >= 15 is 0 Å². The highest BCUT2D eigenvalue weighted by molar-refractivity contribution is 6.30. The van der Waals surface area contributed by atoms with Gasteiger partial charge in [-0.15, -0.1) is 0 Å². The highest BCUT2D eigenvalue weighted by atomic mass is 35.5. The summed E-state index contributed by atoms with van der Waals surface area (Å²) < 4.78 is 5.33. The smallest absolute Gasteiger partial charge is 0.246 e. The van der Waals surface area contributed by atoms with Crippen LogP contribution >= 0.6 is 11.6 Å². The summed E-state index contributed by atoms with van der Waals surface area (Å²) >= 11 is 6.03. The quantitative estimate of drug-likeness (QED) is 0.785. The average Bonchev–Trinajstić information content (AvgIpc) is 2.64. The number of carbonyl (C=O) groups is 2. The summed E-state index contributed by atoms with van der Waals surface area (Å²) in [5.41, 5.74) is 0.786. The topological polar surface area (TPSA) is 53.1 Å². The molecule has 3 rings (SSSR count). The third-order valence-electron chi connectivity index (χ3n) is 4.99. The molecule has 2 amide bonds. The van der Waals surface area contributed by atoms with E-state index in [2.05, 4.69) is 4.90 Å². The number of benzene rings is 1. The van der Waals surface area contributed by atoms with E-state index in [0.717, 1.165) is 45.0 Å². The fourth-order valence-corrected chi connectivity index (χ4v) is 3.69. The first-order chi connectivity index (χ1) is 12.5. The van der Waals surface area contributed by atoms with E-state index in [1.807, 2.05) is 19.1 Å². The molecule has 7 heteroatoms. The molecule has 2 heterocycles. The maximum Gasteiger partial charge on any atom is 0.246 e. The molecule has 0 bridgehead atoms. The van der Waals surface area contributed by atoms with Gasteiger partial charge in [-0.1, -0.05) is 17.7 Å². The van der Waals surface area contributed by atoms with Gasteiger partial charge in [-0.3, -0.25) is 14.5 Å². The first-order valence-corrected chi connectivity index (χ1v) is 9.58. The van der Waals surface area contributed by atoms with Crippen molar-refractivity contribution in [1.29, 1.82) is 0 Å². The van der Waals surface area contributed by atoms with Crippen molar-refractivity contribution in [3.05, 3.63) is 29.3 Å². The van der Waals surface area contributed by atoms with Crippen LogP contribution in [0.1, 0.15) is 19.8 Å². The zero-order valence-electron chi connectivity index (χ0n) is 15.2. The molecule has 0 aromatic heterocycles. The molecule has 142 valence electrons. The van der Waals surface area contributed by atoms with Crippen molar-refractivity contribution in [2.24, 2.45) is 0 Å². The van der Waals surface area contributed by atoms with Gasteiger partial charge in [0.2, 0.25) is 11.8 Å². The molecule has 0 unspecified atom stereocenters. The average molecular weight is 380 g/mol. The molecule has 6 nitrogen and oxygen atoms in total.